The molecule has 1 aliphatic rings. The third-order valence-corrected chi connectivity index (χ3v) is 4.34. The van der Waals surface area contributed by atoms with Crippen LogP contribution >= 0.6 is 11.8 Å². The monoisotopic (exact) mass is 221 g/mol. The van der Waals surface area contributed by atoms with Gasteiger partial charge in [-0.1, -0.05) is 32.0 Å². The Kier molecular flexibility index (Phi) is 3.71. The van der Waals surface area contributed by atoms with Gasteiger partial charge in [0.05, 0.1) is 0 Å². The molecule has 1 aromatic carbocycles. The fraction of sp³-hybridized carbons (Fsp3) is 0.538. The maximum absolute atomic E-state index is 3.60. The molecule has 1 aromatic rings. The molecule has 0 amide bonds. The molecule has 0 spiro atoms. The summed E-state index contributed by atoms with van der Waals surface area (Å²) in [6.07, 6.45) is 1.22. The van der Waals surface area contributed by atoms with Crippen LogP contribution in [0.3, 0.4) is 0 Å². The standard InChI is InChI=1S/C13H19NS/c1-3-12(14-4-2)11-9-15-13-8-6-5-7-10(11)13/h5-8,11-12,14H,3-4,9H2,1-2H3. The van der Waals surface area contributed by atoms with Crippen LogP contribution in [0.1, 0.15) is 31.7 Å². The summed E-state index contributed by atoms with van der Waals surface area (Å²) in [7, 11) is 0. The minimum atomic E-state index is 0.645. The third-order valence-electron chi connectivity index (χ3n) is 3.13. The molecule has 0 radical (unpaired) electrons. The summed E-state index contributed by atoms with van der Waals surface area (Å²) in [4.78, 5) is 1.49. The van der Waals surface area contributed by atoms with Crippen molar-refractivity contribution in [2.45, 2.75) is 37.1 Å². The number of hydrogen-bond donors (Lipinski definition) is 1. The summed E-state index contributed by atoms with van der Waals surface area (Å²) in [5, 5.41) is 3.60. The van der Waals surface area contributed by atoms with Crippen LogP contribution in [0.4, 0.5) is 0 Å². The lowest BCUT2D eigenvalue weighted by Crippen LogP contribution is -2.34. The highest BCUT2D eigenvalue weighted by Gasteiger charge is 2.28. The van der Waals surface area contributed by atoms with Crippen LogP contribution in [-0.4, -0.2) is 18.3 Å². The Labute approximate surface area is 96.7 Å². The molecule has 2 unspecified atom stereocenters. The Morgan fingerprint density at radius 3 is 2.93 bits per heavy atom. The summed E-state index contributed by atoms with van der Waals surface area (Å²) in [5.41, 5.74) is 1.55. The Balaban J connectivity index is 2.18. The second-order valence-electron chi connectivity index (χ2n) is 4.03. The summed E-state index contributed by atoms with van der Waals surface area (Å²) in [5.74, 6) is 1.95. The minimum Gasteiger partial charge on any atom is -0.314 e. The van der Waals surface area contributed by atoms with E-state index in [9.17, 15) is 0 Å². The number of benzene rings is 1. The van der Waals surface area contributed by atoms with Crippen LogP contribution in [0, 0.1) is 0 Å². The van der Waals surface area contributed by atoms with Gasteiger partial charge in [-0.15, -0.1) is 11.8 Å². The maximum atomic E-state index is 3.60. The summed E-state index contributed by atoms with van der Waals surface area (Å²) < 4.78 is 0. The molecule has 2 heteroatoms. The van der Waals surface area contributed by atoms with E-state index in [1.165, 1.54) is 17.1 Å². The molecule has 0 aliphatic carbocycles. The third kappa shape index (κ3) is 2.21. The van der Waals surface area contributed by atoms with Crippen molar-refractivity contribution in [3.63, 3.8) is 0 Å². The first-order chi connectivity index (χ1) is 7.36. The Hall–Kier alpha value is -0.470. The molecule has 0 saturated carbocycles. The van der Waals surface area contributed by atoms with E-state index in [2.05, 4.69) is 43.4 Å². The zero-order valence-electron chi connectivity index (χ0n) is 9.49. The molecule has 0 fully saturated rings. The van der Waals surface area contributed by atoms with Gasteiger partial charge in [0, 0.05) is 22.6 Å². The van der Waals surface area contributed by atoms with E-state index in [4.69, 9.17) is 0 Å². The molecule has 82 valence electrons. The number of likely N-dealkylation sites (N-methyl/N-ethyl adjacent to an activating group) is 1. The van der Waals surface area contributed by atoms with Crippen molar-refractivity contribution in [1.29, 1.82) is 0 Å². The molecule has 2 atom stereocenters. The molecule has 0 aromatic heterocycles. The Morgan fingerprint density at radius 1 is 1.40 bits per heavy atom. The lowest BCUT2D eigenvalue weighted by Gasteiger charge is -2.23. The normalized spacial score (nSPS) is 21.3. The second kappa shape index (κ2) is 5.04. The zero-order chi connectivity index (χ0) is 10.7. The number of rotatable bonds is 4. The van der Waals surface area contributed by atoms with Gasteiger partial charge in [-0.25, -0.2) is 0 Å². The van der Waals surface area contributed by atoms with Crippen LogP contribution in [0.15, 0.2) is 29.2 Å². The van der Waals surface area contributed by atoms with Gasteiger partial charge in [-0.3, -0.25) is 0 Å². The van der Waals surface area contributed by atoms with Gasteiger partial charge in [-0.2, -0.15) is 0 Å². The SMILES string of the molecule is CCNC(CC)C1CSc2ccccc21. The van der Waals surface area contributed by atoms with Gasteiger partial charge in [0.2, 0.25) is 0 Å². The van der Waals surface area contributed by atoms with Crippen molar-refractivity contribution in [1.82, 2.24) is 5.32 Å². The molecule has 1 N–H and O–H groups in total. The maximum Gasteiger partial charge on any atom is 0.0141 e. The van der Waals surface area contributed by atoms with E-state index in [1.54, 1.807) is 5.56 Å². The molecule has 0 bridgehead atoms. The van der Waals surface area contributed by atoms with Gasteiger partial charge >= 0.3 is 0 Å². The van der Waals surface area contributed by atoms with Crippen molar-refractivity contribution in [3.05, 3.63) is 29.8 Å². The molecular weight excluding hydrogens is 202 g/mol. The first-order valence-electron chi connectivity index (χ1n) is 5.82. The predicted octanol–water partition coefficient (Wildman–Crippen LogP) is 3.26. The number of nitrogens with one attached hydrogen (secondary N) is 1. The van der Waals surface area contributed by atoms with Crippen molar-refractivity contribution in [3.8, 4) is 0 Å². The quantitative estimate of drug-likeness (QED) is 0.837. The van der Waals surface area contributed by atoms with Crippen LogP contribution in [0.25, 0.3) is 0 Å². The van der Waals surface area contributed by atoms with Crippen molar-refractivity contribution >= 4 is 11.8 Å². The van der Waals surface area contributed by atoms with Crippen molar-refractivity contribution < 1.29 is 0 Å². The molecule has 1 nitrogen and oxygen atoms in total. The number of fused-ring (bicyclic) bond motifs is 1. The summed E-state index contributed by atoms with van der Waals surface area (Å²) in [6.45, 7) is 5.54. The molecule has 1 heterocycles. The van der Waals surface area contributed by atoms with E-state index in [-0.39, 0.29) is 0 Å². The van der Waals surface area contributed by atoms with E-state index in [0.29, 0.717) is 12.0 Å². The lowest BCUT2D eigenvalue weighted by atomic mass is 9.92. The predicted molar refractivity (Wildman–Crippen MR) is 67.7 cm³/mol. The van der Waals surface area contributed by atoms with E-state index in [1.807, 2.05) is 11.8 Å². The molecule has 15 heavy (non-hydrogen) atoms. The largest absolute Gasteiger partial charge is 0.314 e. The van der Waals surface area contributed by atoms with Crippen LogP contribution < -0.4 is 5.32 Å². The van der Waals surface area contributed by atoms with Crippen LogP contribution in [-0.2, 0) is 0 Å². The highest BCUT2D eigenvalue weighted by Crippen LogP contribution is 2.41. The van der Waals surface area contributed by atoms with Crippen LogP contribution in [0.5, 0.6) is 0 Å². The van der Waals surface area contributed by atoms with E-state index < -0.39 is 0 Å². The summed E-state index contributed by atoms with van der Waals surface area (Å²) >= 11 is 2.01. The van der Waals surface area contributed by atoms with Gasteiger partial charge in [0.15, 0.2) is 0 Å². The van der Waals surface area contributed by atoms with E-state index >= 15 is 0 Å². The first-order valence-corrected chi connectivity index (χ1v) is 6.80. The molecular formula is C13H19NS. The molecule has 1 aliphatic heterocycles. The topological polar surface area (TPSA) is 12.0 Å². The smallest absolute Gasteiger partial charge is 0.0141 e. The van der Waals surface area contributed by atoms with Crippen molar-refractivity contribution in [2.75, 3.05) is 12.3 Å². The number of thioether (sulfide) groups is 1. The second-order valence-corrected chi connectivity index (χ2v) is 5.09. The number of hydrogen-bond acceptors (Lipinski definition) is 2. The van der Waals surface area contributed by atoms with E-state index in [0.717, 1.165) is 6.54 Å². The van der Waals surface area contributed by atoms with Gasteiger partial charge in [0.25, 0.3) is 0 Å². The Bertz CT molecular complexity index is 324. The first kappa shape index (κ1) is 11.0. The average molecular weight is 221 g/mol. The molecule has 2 rings (SSSR count). The average Bonchev–Trinajstić information content (AvgIpc) is 2.70. The highest BCUT2D eigenvalue weighted by molar-refractivity contribution is 7.99. The molecule has 0 saturated heterocycles. The fourth-order valence-electron chi connectivity index (χ4n) is 2.35. The van der Waals surface area contributed by atoms with Crippen molar-refractivity contribution in [2.24, 2.45) is 0 Å². The Morgan fingerprint density at radius 2 is 2.20 bits per heavy atom. The van der Waals surface area contributed by atoms with Crippen LogP contribution in [0.2, 0.25) is 0 Å². The van der Waals surface area contributed by atoms with Gasteiger partial charge < -0.3 is 5.32 Å². The van der Waals surface area contributed by atoms with Gasteiger partial charge in [0.1, 0.15) is 0 Å². The minimum absolute atomic E-state index is 0.645. The fourth-order valence-corrected chi connectivity index (χ4v) is 3.69. The summed E-state index contributed by atoms with van der Waals surface area (Å²) in [6, 6.07) is 9.49. The highest BCUT2D eigenvalue weighted by atomic mass is 32.2. The zero-order valence-corrected chi connectivity index (χ0v) is 10.3. The lowest BCUT2D eigenvalue weighted by molar-refractivity contribution is 0.454. The van der Waals surface area contributed by atoms with Gasteiger partial charge in [-0.05, 0) is 24.6 Å².